The summed E-state index contributed by atoms with van der Waals surface area (Å²) in [5.74, 6) is 4.56. The van der Waals surface area contributed by atoms with Gasteiger partial charge in [-0.15, -0.1) is 6.42 Å². The highest BCUT2D eigenvalue weighted by Gasteiger charge is 2.13. The first-order valence-electron chi connectivity index (χ1n) is 4.63. The molecule has 0 aliphatic carbocycles. The van der Waals surface area contributed by atoms with Crippen LogP contribution in [0, 0.1) is 12.3 Å². The van der Waals surface area contributed by atoms with Gasteiger partial charge in [0.2, 0.25) is 5.75 Å². The monoisotopic (exact) mass is 222 g/mol. The topological polar surface area (TPSA) is 36.9 Å². The molecule has 86 valence electrons. The molecule has 0 spiro atoms. The van der Waals surface area contributed by atoms with E-state index < -0.39 is 0 Å². The molecule has 0 heterocycles. The van der Waals surface area contributed by atoms with Gasteiger partial charge in [0, 0.05) is 12.1 Å². The summed E-state index contributed by atoms with van der Waals surface area (Å²) in [5, 5.41) is 0. The molecule has 0 fully saturated rings. The molecule has 0 N–H and O–H groups in total. The average molecular weight is 222 g/mol. The Bertz CT molecular complexity index is 367. The number of rotatable bonds is 5. The predicted molar refractivity (Wildman–Crippen MR) is 60.4 cm³/mol. The molecule has 1 rings (SSSR count). The smallest absolute Gasteiger partial charge is 0.203 e. The van der Waals surface area contributed by atoms with Crippen LogP contribution in [0.25, 0.3) is 0 Å². The molecule has 0 bridgehead atoms. The second kappa shape index (κ2) is 5.76. The molecule has 4 heteroatoms. The van der Waals surface area contributed by atoms with Crippen molar-refractivity contribution in [3.63, 3.8) is 0 Å². The van der Waals surface area contributed by atoms with Gasteiger partial charge in [0.15, 0.2) is 11.5 Å². The largest absolute Gasteiger partial charge is 0.493 e. The highest BCUT2D eigenvalue weighted by molar-refractivity contribution is 5.55. The van der Waals surface area contributed by atoms with Gasteiger partial charge < -0.3 is 18.9 Å². The molecule has 0 aliphatic heterocycles. The van der Waals surface area contributed by atoms with Gasteiger partial charge >= 0.3 is 0 Å². The van der Waals surface area contributed by atoms with Crippen LogP contribution in [0.4, 0.5) is 0 Å². The van der Waals surface area contributed by atoms with E-state index in [1.165, 1.54) is 0 Å². The van der Waals surface area contributed by atoms with Crippen molar-refractivity contribution in [2.75, 3.05) is 27.9 Å². The van der Waals surface area contributed by atoms with Crippen molar-refractivity contribution in [3.05, 3.63) is 12.1 Å². The van der Waals surface area contributed by atoms with Crippen LogP contribution in [-0.4, -0.2) is 27.9 Å². The number of hydrogen-bond acceptors (Lipinski definition) is 4. The molecule has 0 aromatic heterocycles. The molecule has 0 unspecified atom stereocenters. The second-order valence-electron chi connectivity index (χ2n) is 2.85. The van der Waals surface area contributed by atoms with Gasteiger partial charge in [-0.1, -0.05) is 5.92 Å². The Hall–Kier alpha value is -2.02. The SMILES string of the molecule is C#CCOc1cc(OC)c(OC)c(OC)c1. The first kappa shape index (κ1) is 12.1. The van der Waals surface area contributed by atoms with Crippen LogP contribution in [0.15, 0.2) is 12.1 Å². The molecule has 1 aromatic rings. The Morgan fingerprint density at radius 2 is 1.62 bits per heavy atom. The molecule has 0 saturated heterocycles. The summed E-state index contributed by atoms with van der Waals surface area (Å²) in [4.78, 5) is 0. The minimum Gasteiger partial charge on any atom is -0.493 e. The Morgan fingerprint density at radius 1 is 1.06 bits per heavy atom. The van der Waals surface area contributed by atoms with Crippen LogP contribution < -0.4 is 18.9 Å². The Kier molecular flexibility index (Phi) is 4.34. The van der Waals surface area contributed by atoms with Crippen LogP contribution in [-0.2, 0) is 0 Å². The van der Waals surface area contributed by atoms with Gasteiger partial charge in [0.05, 0.1) is 21.3 Å². The van der Waals surface area contributed by atoms with Crippen LogP contribution in [0.5, 0.6) is 23.0 Å². The molecule has 1 aromatic carbocycles. The van der Waals surface area contributed by atoms with Gasteiger partial charge in [-0.05, 0) is 0 Å². The van der Waals surface area contributed by atoms with Crippen molar-refractivity contribution in [1.82, 2.24) is 0 Å². The fraction of sp³-hybridized carbons (Fsp3) is 0.333. The maximum atomic E-state index is 5.29. The van der Waals surface area contributed by atoms with Gasteiger partial charge in [-0.3, -0.25) is 0 Å². The molecule has 0 amide bonds. The number of benzene rings is 1. The zero-order valence-corrected chi connectivity index (χ0v) is 9.57. The summed E-state index contributed by atoms with van der Waals surface area (Å²) in [5.41, 5.74) is 0. The zero-order chi connectivity index (χ0) is 12.0. The van der Waals surface area contributed by atoms with E-state index >= 15 is 0 Å². The standard InChI is InChI=1S/C12H14O4/c1-5-6-16-9-7-10(13-2)12(15-4)11(8-9)14-3/h1,7-8H,6H2,2-4H3. The van der Waals surface area contributed by atoms with Crippen LogP contribution in [0.3, 0.4) is 0 Å². The van der Waals surface area contributed by atoms with Crippen LogP contribution in [0.1, 0.15) is 0 Å². The maximum absolute atomic E-state index is 5.29. The summed E-state index contributed by atoms with van der Waals surface area (Å²) in [6.45, 7) is 0.193. The molecule has 4 nitrogen and oxygen atoms in total. The zero-order valence-electron chi connectivity index (χ0n) is 9.57. The lowest BCUT2D eigenvalue weighted by Gasteiger charge is -2.13. The summed E-state index contributed by atoms with van der Waals surface area (Å²) in [6, 6.07) is 3.39. The summed E-state index contributed by atoms with van der Waals surface area (Å²) >= 11 is 0. The second-order valence-corrected chi connectivity index (χ2v) is 2.85. The van der Waals surface area contributed by atoms with Crippen molar-refractivity contribution in [3.8, 4) is 35.3 Å². The maximum Gasteiger partial charge on any atom is 0.203 e. The van der Waals surface area contributed by atoms with Crippen molar-refractivity contribution in [2.45, 2.75) is 0 Å². The molecular weight excluding hydrogens is 208 g/mol. The minimum atomic E-state index is 0.193. The predicted octanol–water partition coefficient (Wildman–Crippen LogP) is 1.72. The van der Waals surface area contributed by atoms with Crippen LogP contribution in [0.2, 0.25) is 0 Å². The number of hydrogen-bond donors (Lipinski definition) is 0. The first-order valence-corrected chi connectivity index (χ1v) is 4.63. The van der Waals surface area contributed by atoms with E-state index in [-0.39, 0.29) is 6.61 Å². The Morgan fingerprint density at radius 3 is 2.00 bits per heavy atom. The Balaban J connectivity index is 3.11. The van der Waals surface area contributed by atoms with E-state index in [1.54, 1.807) is 33.5 Å². The van der Waals surface area contributed by atoms with Crippen molar-refractivity contribution < 1.29 is 18.9 Å². The number of terminal acetylenes is 1. The number of ether oxygens (including phenoxy) is 4. The quantitative estimate of drug-likeness (QED) is 0.711. The highest BCUT2D eigenvalue weighted by atomic mass is 16.5. The van der Waals surface area contributed by atoms with E-state index in [4.69, 9.17) is 25.4 Å². The third kappa shape index (κ3) is 2.51. The molecule has 0 radical (unpaired) electrons. The highest BCUT2D eigenvalue weighted by Crippen LogP contribution is 2.40. The molecule has 0 aliphatic rings. The normalized spacial score (nSPS) is 9.12. The number of methoxy groups -OCH3 is 3. The van der Waals surface area contributed by atoms with E-state index in [9.17, 15) is 0 Å². The van der Waals surface area contributed by atoms with Crippen LogP contribution >= 0.6 is 0 Å². The molecule has 0 atom stereocenters. The van der Waals surface area contributed by atoms with Crippen molar-refractivity contribution in [2.24, 2.45) is 0 Å². The molecular formula is C12H14O4. The average Bonchev–Trinajstić information content (AvgIpc) is 2.34. The fourth-order valence-electron chi connectivity index (χ4n) is 1.27. The van der Waals surface area contributed by atoms with Crippen molar-refractivity contribution in [1.29, 1.82) is 0 Å². The van der Waals surface area contributed by atoms with E-state index in [2.05, 4.69) is 5.92 Å². The van der Waals surface area contributed by atoms with Gasteiger partial charge in [-0.25, -0.2) is 0 Å². The summed E-state index contributed by atoms with van der Waals surface area (Å²) in [7, 11) is 4.63. The fourth-order valence-corrected chi connectivity index (χ4v) is 1.27. The molecule has 0 saturated carbocycles. The lowest BCUT2D eigenvalue weighted by Crippen LogP contribution is -1.98. The third-order valence-corrected chi connectivity index (χ3v) is 1.96. The van der Waals surface area contributed by atoms with Crippen molar-refractivity contribution >= 4 is 0 Å². The van der Waals surface area contributed by atoms with Gasteiger partial charge in [0.1, 0.15) is 12.4 Å². The minimum absolute atomic E-state index is 0.193. The Labute approximate surface area is 95.1 Å². The lowest BCUT2D eigenvalue weighted by atomic mass is 10.2. The van der Waals surface area contributed by atoms with E-state index in [1.807, 2.05) is 0 Å². The summed E-state index contributed by atoms with van der Waals surface area (Å²) < 4.78 is 20.8. The van der Waals surface area contributed by atoms with Gasteiger partial charge in [0.25, 0.3) is 0 Å². The molecule has 16 heavy (non-hydrogen) atoms. The van der Waals surface area contributed by atoms with Gasteiger partial charge in [-0.2, -0.15) is 0 Å². The van der Waals surface area contributed by atoms with E-state index in [0.717, 1.165) is 0 Å². The lowest BCUT2D eigenvalue weighted by molar-refractivity contribution is 0.314. The summed E-state index contributed by atoms with van der Waals surface area (Å²) in [6.07, 6.45) is 5.11. The third-order valence-electron chi connectivity index (χ3n) is 1.96. The first-order chi connectivity index (χ1) is 7.76. The van der Waals surface area contributed by atoms with E-state index in [0.29, 0.717) is 23.0 Å².